The second kappa shape index (κ2) is 7.27. The molecule has 2 amide bonds. The number of rotatable bonds is 4. The number of carbonyl (C=O) groups excluding carboxylic acids is 2. The fourth-order valence-corrected chi connectivity index (χ4v) is 4.23. The van der Waals surface area contributed by atoms with Crippen LogP contribution in [-0.4, -0.2) is 62.1 Å². The van der Waals surface area contributed by atoms with Gasteiger partial charge in [0.25, 0.3) is 5.91 Å². The van der Waals surface area contributed by atoms with Crippen molar-refractivity contribution < 1.29 is 14.3 Å². The van der Waals surface area contributed by atoms with Crippen LogP contribution in [0.3, 0.4) is 0 Å². The van der Waals surface area contributed by atoms with E-state index in [2.05, 4.69) is 10.2 Å². The second-order valence-corrected chi connectivity index (χ2v) is 7.62. The number of para-hydroxylation sites is 1. The van der Waals surface area contributed by atoms with E-state index in [1.54, 1.807) is 6.92 Å². The Labute approximate surface area is 154 Å². The quantitative estimate of drug-likeness (QED) is 0.887. The molecule has 1 aromatic carbocycles. The molecule has 1 aromatic rings. The van der Waals surface area contributed by atoms with E-state index >= 15 is 0 Å². The number of ether oxygens (including phenoxy) is 1. The highest BCUT2D eigenvalue weighted by molar-refractivity contribution is 6.00. The van der Waals surface area contributed by atoms with Crippen LogP contribution in [-0.2, 0) is 9.53 Å². The number of morpholine rings is 1. The molecular weight excluding hydrogens is 330 g/mol. The summed E-state index contributed by atoms with van der Waals surface area (Å²) >= 11 is 0. The van der Waals surface area contributed by atoms with E-state index in [1.165, 1.54) is 12.8 Å². The summed E-state index contributed by atoms with van der Waals surface area (Å²) in [6.45, 7) is 6.00. The van der Waals surface area contributed by atoms with Crippen LogP contribution in [0.25, 0.3) is 0 Å². The Morgan fingerprint density at radius 2 is 1.85 bits per heavy atom. The summed E-state index contributed by atoms with van der Waals surface area (Å²) in [6, 6.07) is 7.84. The highest BCUT2D eigenvalue weighted by atomic mass is 16.5. The number of likely N-dealkylation sites (tertiary alicyclic amines) is 1. The molecule has 26 heavy (non-hydrogen) atoms. The standard InChI is InChI=1S/C20H27N3O3/c1-14(24)23-12-17(15-6-7-15)18(13-23)21-20(25)16-4-2-3-5-19(16)22-8-10-26-11-9-22/h2-5,15,17-18H,6-13H2,1H3,(H,21,25)/t17-,18+/m0/s1. The summed E-state index contributed by atoms with van der Waals surface area (Å²) in [7, 11) is 0. The van der Waals surface area contributed by atoms with Crippen molar-refractivity contribution in [2.24, 2.45) is 11.8 Å². The van der Waals surface area contributed by atoms with Gasteiger partial charge in [0, 0.05) is 44.7 Å². The number of amides is 2. The Morgan fingerprint density at radius 3 is 2.54 bits per heavy atom. The topological polar surface area (TPSA) is 61.9 Å². The Balaban J connectivity index is 1.50. The average Bonchev–Trinajstić information content (AvgIpc) is 3.42. The van der Waals surface area contributed by atoms with Gasteiger partial charge in [0.15, 0.2) is 0 Å². The van der Waals surface area contributed by atoms with Crippen LogP contribution in [0.2, 0.25) is 0 Å². The highest BCUT2D eigenvalue weighted by Gasteiger charge is 2.43. The van der Waals surface area contributed by atoms with Crippen molar-refractivity contribution in [2.75, 3.05) is 44.3 Å². The van der Waals surface area contributed by atoms with E-state index in [4.69, 9.17) is 4.74 Å². The minimum atomic E-state index is -0.0341. The van der Waals surface area contributed by atoms with Crippen LogP contribution in [0.15, 0.2) is 24.3 Å². The van der Waals surface area contributed by atoms with Crippen LogP contribution in [0, 0.1) is 11.8 Å². The third kappa shape index (κ3) is 3.56. The average molecular weight is 357 g/mol. The maximum atomic E-state index is 13.1. The third-order valence-electron chi connectivity index (χ3n) is 5.85. The Bertz CT molecular complexity index is 683. The van der Waals surface area contributed by atoms with Crippen LogP contribution in [0.1, 0.15) is 30.1 Å². The maximum Gasteiger partial charge on any atom is 0.253 e. The van der Waals surface area contributed by atoms with Gasteiger partial charge in [-0.25, -0.2) is 0 Å². The van der Waals surface area contributed by atoms with E-state index in [9.17, 15) is 9.59 Å². The molecular formula is C20H27N3O3. The SMILES string of the molecule is CC(=O)N1C[C@@H](NC(=O)c2ccccc2N2CCOCC2)[C@H](C2CC2)C1. The first kappa shape index (κ1) is 17.3. The van der Waals surface area contributed by atoms with Gasteiger partial charge in [-0.15, -0.1) is 0 Å². The fourth-order valence-electron chi connectivity index (χ4n) is 4.23. The third-order valence-corrected chi connectivity index (χ3v) is 5.85. The summed E-state index contributed by atoms with van der Waals surface area (Å²) in [5, 5.41) is 3.24. The van der Waals surface area contributed by atoms with Crippen LogP contribution in [0.4, 0.5) is 5.69 Å². The summed E-state index contributed by atoms with van der Waals surface area (Å²) in [4.78, 5) is 28.9. The van der Waals surface area contributed by atoms with Crippen molar-refractivity contribution in [3.8, 4) is 0 Å². The van der Waals surface area contributed by atoms with Crippen LogP contribution < -0.4 is 10.2 Å². The molecule has 1 aliphatic carbocycles. The second-order valence-electron chi connectivity index (χ2n) is 7.62. The minimum Gasteiger partial charge on any atom is -0.378 e. The first-order valence-corrected chi connectivity index (χ1v) is 9.61. The molecule has 2 heterocycles. The molecule has 2 saturated heterocycles. The highest BCUT2D eigenvalue weighted by Crippen LogP contribution is 2.41. The van der Waals surface area contributed by atoms with Gasteiger partial charge in [-0.3, -0.25) is 9.59 Å². The lowest BCUT2D eigenvalue weighted by Gasteiger charge is -2.30. The molecule has 0 unspecified atom stereocenters. The molecule has 2 atom stereocenters. The van der Waals surface area contributed by atoms with Gasteiger partial charge in [0.2, 0.25) is 5.91 Å². The first-order valence-electron chi connectivity index (χ1n) is 9.61. The molecule has 3 fully saturated rings. The van der Waals surface area contributed by atoms with Crippen molar-refractivity contribution in [3.05, 3.63) is 29.8 Å². The molecule has 140 valence electrons. The molecule has 2 aliphatic heterocycles. The largest absolute Gasteiger partial charge is 0.378 e. The van der Waals surface area contributed by atoms with Crippen LogP contribution >= 0.6 is 0 Å². The monoisotopic (exact) mass is 357 g/mol. The first-order chi connectivity index (χ1) is 12.6. The van der Waals surface area contributed by atoms with Crippen molar-refractivity contribution in [1.29, 1.82) is 0 Å². The number of anilines is 1. The molecule has 0 radical (unpaired) electrons. The van der Waals surface area contributed by atoms with Gasteiger partial charge in [0.1, 0.15) is 0 Å². The van der Waals surface area contributed by atoms with Crippen LogP contribution in [0.5, 0.6) is 0 Å². The Morgan fingerprint density at radius 1 is 1.12 bits per heavy atom. The van der Waals surface area contributed by atoms with E-state index in [-0.39, 0.29) is 17.9 Å². The number of hydrogen-bond acceptors (Lipinski definition) is 4. The van der Waals surface area contributed by atoms with Gasteiger partial charge in [-0.1, -0.05) is 12.1 Å². The van der Waals surface area contributed by atoms with Gasteiger partial charge < -0.3 is 19.9 Å². The maximum absolute atomic E-state index is 13.1. The van der Waals surface area contributed by atoms with Crippen molar-refractivity contribution in [1.82, 2.24) is 10.2 Å². The molecule has 1 saturated carbocycles. The van der Waals surface area contributed by atoms with Crippen molar-refractivity contribution in [3.63, 3.8) is 0 Å². The number of benzene rings is 1. The molecule has 0 aromatic heterocycles. The zero-order valence-corrected chi connectivity index (χ0v) is 15.3. The van der Waals surface area contributed by atoms with Crippen molar-refractivity contribution >= 4 is 17.5 Å². The molecule has 0 bridgehead atoms. The van der Waals surface area contributed by atoms with E-state index in [0.29, 0.717) is 37.2 Å². The molecule has 3 aliphatic rings. The molecule has 6 nitrogen and oxygen atoms in total. The Kier molecular flexibility index (Phi) is 4.85. The van der Waals surface area contributed by atoms with Gasteiger partial charge >= 0.3 is 0 Å². The molecule has 4 rings (SSSR count). The number of nitrogens with zero attached hydrogens (tertiary/aromatic N) is 2. The Hall–Kier alpha value is -2.08. The predicted molar refractivity (Wildman–Crippen MR) is 99.2 cm³/mol. The van der Waals surface area contributed by atoms with E-state index in [1.807, 2.05) is 29.2 Å². The van der Waals surface area contributed by atoms with E-state index < -0.39 is 0 Å². The van der Waals surface area contributed by atoms with E-state index in [0.717, 1.165) is 25.3 Å². The minimum absolute atomic E-state index is 0.0341. The zero-order valence-electron chi connectivity index (χ0n) is 15.3. The van der Waals surface area contributed by atoms with Gasteiger partial charge in [-0.05, 0) is 30.9 Å². The number of hydrogen-bond donors (Lipinski definition) is 1. The summed E-state index contributed by atoms with van der Waals surface area (Å²) in [6.07, 6.45) is 2.43. The summed E-state index contributed by atoms with van der Waals surface area (Å²) < 4.78 is 5.43. The lowest BCUT2D eigenvalue weighted by molar-refractivity contribution is -0.128. The molecule has 1 N–H and O–H groups in total. The number of carbonyl (C=O) groups is 2. The fraction of sp³-hybridized carbons (Fsp3) is 0.600. The van der Waals surface area contributed by atoms with Crippen molar-refractivity contribution in [2.45, 2.75) is 25.8 Å². The lowest BCUT2D eigenvalue weighted by atomic mass is 9.97. The lowest BCUT2D eigenvalue weighted by Crippen LogP contribution is -2.43. The zero-order chi connectivity index (χ0) is 18.1. The smallest absolute Gasteiger partial charge is 0.253 e. The van der Waals surface area contributed by atoms with Gasteiger partial charge in [0.05, 0.1) is 24.8 Å². The summed E-state index contributed by atoms with van der Waals surface area (Å²) in [5.74, 6) is 1.10. The summed E-state index contributed by atoms with van der Waals surface area (Å²) in [5.41, 5.74) is 1.68. The predicted octanol–water partition coefficient (Wildman–Crippen LogP) is 1.51. The number of nitrogens with one attached hydrogen (secondary N) is 1. The molecule has 0 spiro atoms. The normalized spacial score (nSPS) is 26.0. The molecule has 6 heteroatoms. The van der Waals surface area contributed by atoms with Gasteiger partial charge in [-0.2, -0.15) is 0 Å².